The fourth-order valence-corrected chi connectivity index (χ4v) is 2.78. The van der Waals surface area contributed by atoms with E-state index in [1.54, 1.807) is 23.1 Å². The van der Waals surface area contributed by atoms with Gasteiger partial charge in [0.15, 0.2) is 0 Å². The van der Waals surface area contributed by atoms with Crippen LogP contribution in [-0.2, 0) is 0 Å². The fraction of sp³-hybridized carbons (Fsp3) is 0.353. The summed E-state index contributed by atoms with van der Waals surface area (Å²) in [5.74, 6) is 0.148. The molecular weight excluding hydrogens is 324 g/mol. The highest BCUT2D eigenvalue weighted by atomic mass is 16.6. The van der Waals surface area contributed by atoms with Crippen LogP contribution in [0.5, 0.6) is 5.88 Å². The van der Waals surface area contributed by atoms with Crippen molar-refractivity contribution >= 4 is 11.6 Å². The molecule has 1 amide bonds. The van der Waals surface area contributed by atoms with Crippen LogP contribution in [0.2, 0.25) is 0 Å². The maximum Gasteiger partial charge on any atom is 0.282 e. The molecule has 0 radical (unpaired) electrons. The van der Waals surface area contributed by atoms with E-state index in [0.717, 1.165) is 5.69 Å². The van der Waals surface area contributed by atoms with Crippen molar-refractivity contribution in [1.29, 1.82) is 0 Å². The fourth-order valence-electron chi connectivity index (χ4n) is 2.78. The number of hydrogen-bond acceptors (Lipinski definition) is 6. The first-order valence-corrected chi connectivity index (χ1v) is 8.04. The molecule has 1 aliphatic heterocycles. The van der Waals surface area contributed by atoms with Gasteiger partial charge in [0.25, 0.3) is 11.6 Å². The Morgan fingerprint density at radius 2 is 1.92 bits per heavy atom. The van der Waals surface area contributed by atoms with Gasteiger partial charge in [0.2, 0.25) is 5.88 Å². The topological polar surface area (TPSA) is 98.5 Å². The minimum atomic E-state index is -0.529. The van der Waals surface area contributed by atoms with Crippen LogP contribution in [0.1, 0.15) is 28.9 Å². The quantitative estimate of drug-likeness (QED) is 0.625. The van der Waals surface area contributed by atoms with Gasteiger partial charge in [-0.15, -0.1) is 5.10 Å². The van der Waals surface area contributed by atoms with Crippen LogP contribution in [0.3, 0.4) is 0 Å². The van der Waals surface area contributed by atoms with Gasteiger partial charge in [-0.3, -0.25) is 14.9 Å². The number of rotatable bonds is 4. The van der Waals surface area contributed by atoms with Gasteiger partial charge in [-0.25, -0.2) is 0 Å². The SMILES string of the molecule is Cc1ccc(OC2CCN(C(=O)c3ccccc3[N+](=O)[O-])CC2)nn1. The molecule has 25 heavy (non-hydrogen) atoms. The zero-order valence-electron chi connectivity index (χ0n) is 13.8. The molecule has 8 nitrogen and oxygen atoms in total. The lowest BCUT2D eigenvalue weighted by atomic mass is 10.1. The van der Waals surface area contributed by atoms with E-state index >= 15 is 0 Å². The summed E-state index contributed by atoms with van der Waals surface area (Å²) in [7, 11) is 0. The normalized spacial score (nSPS) is 15.0. The number of aryl methyl sites for hydroxylation is 1. The highest BCUT2D eigenvalue weighted by Gasteiger charge is 2.28. The van der Waals surface area contributed by atoms with Crippen molar-refractivity contribution < 1.29 is 14.5 Å². The molecule has 1 aromatic heterocycles. The molecule has 130 valence electrons. The smallest absolute Gasteiger partial charge is 0.282 e. The van der Waals surface area contributed by atoms with Crippen molar-refractivity contribution in [1.82, 2.24) is 15.1 Å². The third-order valence-electron chi connectivity index (χ3n) is 4.12. The molecule has 0 aliphatic carbocycles. The van der Waals surface area contributed by atoms with Gasteiger partial charge < -0.3 is 9.64 Å². The number of ether oxygens (including phenoxy) is 1. The van der Waals surface area contributed by atoms with Crippen molar-refractivity contribution in [2.75, 3.05) is 13.1 Å². The van der Waals surface area contributed by atoms with Crippen LogP contribution in [0.15, 0.2) is 36.4 Å². The monoisotopic (exact) mass is 342 g/mol. The molecule has 1 aromatic carbocycles. The van der Waals surface area contributed by atoms with Crippen LogP contribution < -0.4 is 4.74 Å². The maximum absolute atomic E-state index is 12.6. The van der Waals surface area contributed by atoms with Gasteiger partial charge in [0.05, 0.1) is 10.6 Å². The van der Waals surface area contributed by atoms with Crippen molar-refractivity contribution in [2.45, 2.75) is 25.9 Å². The number of piperidine rings is 1. The summed E-state index contributed by atoms with van der Waals surface area (Å²) in [5.41, 5.74) is 0.772. The van der Waals surface area contributed by atoms with E-state index in [2.05, 4.69) is 10.2 Å². The Morgan fingerprint density at radius 1 is 1.20 bits per heavy atom. The van der Waals surface area contributed by atoms with E-state index < -0.39 is 4.92 Å². The van der Waals surface area contributed by atoms with Crippen LogP contribution >= 0.6 is 0 Å². The Morgan fingerprint density at radius 3 is 2.56 bits per heavy atom. The van der Waals surface area contributed by atoms with Crippen molar-refractivity contribution in [2.24, 2.45) is 0 Å². The van der Waals surface area contributed by atoms with Gasteiger partial charge in [-0.2, -0.15) is 5.10 Å². The summed E-state index contributed by atoms with van der Waals surface area (Å²) in [4.78, 5) is 24.8. The Kier molecular flexibility index (Phi) is 4.87. The Balaban J connectivity index is 1.61. The van der Waals surface area contributed by atoms with Crippen molar-refractivity contribution in [3.8, 4) is 5.88 Å². The van der Waals surface area contributed by atoms with Gasteiger partial charge in [0, 0.05) is 38.1 Å². The van der Waals surface area contributed by atoms with Crippen LogP contribution in [-0.4, -0.2) is 45.1 Å². The number of hydrogen-bond donors (Lipinski definition) is 0. The first-order chi connectivity index (χ1) is 12.0. The van der Waals surface area contributed by atoms with Crippen molar-refractivity contribution in [3.63, 3.8) is 0 Å². The molecular formula is C17H18N4O4. The van der Waals surface area contributed by atoms with Gasteiger partial charge in [-0.05, 0) is 19.1 Å². The number of nitrogens with zero attached hydrogens (tertiary/aromatic N) is 4. The molecule has 2 heterocycles. The first kappa shape index (κ1) is 16.8. The molecule has 8 heteroatoms. The summed E-state index contributed by atoms with van der Waals surface area (Å²) in [5, 5.41) is 19.0. The predicted molar refractivity (Wildman–Crippen MR) is 89.4 cm³/mol. The molecule has 0 atom stereocenters. The second kappa shape index (κ2) is 7.25. The molecule has 0 bridgehead atoms. The number of carbonyl (C=O) groups excluding carboxylic acids is 1. The van der Waals surface area contributed by atoms with Gasteiger partial charge in [0.1, 0.15) is 11.7 Å². The summed E-state index contributed by atoms with van der Waals surface area (Å²) in [6.45, 7) is 2.81. The van der Waals surface area contributed by atoms with E-state index in [4.69, 9.17) is 4.74 Å². The molecule has 1 fully saturated rings. The summed E-state index contributed by atoms with van der Waals surface area (Å²) < 4.78 is 5.79. The van der Waals surface area contributed by atoms with E-state index in [0.29, 0.717) is 31.8 Å². The number of likely N-dealkylation sites (tertiary alicyclic amines) is 1. The number of aromatic nitrogens is 2. The zero-order valence-corrected chi connectivity index (χ0v) is 13.8. The number of carbonyl (C=O) groups is 1. The Hall–Kier alpha value is -3.03. The summed E-state index contributed by atoms with van der Waals surface area (Å²) in [6, 6.07) is 9.62. The van der Waals surface area contributed by atoms with Crippen molar-refractivity contribution in [3.05, 3.63) is 57.8 Å². The van der Waals surface area contributed by atoms with Gasteiger partial charge >= 0.3 is 0 Å². The molecule has 0 spiro atoms. The second-order valence-electron chi connectivity index (χ2n) is 5.90. The standard InChI is InChI=1S/C17H18N4O4/c1-12-6-7-16(19-18-12)25-13-8-10-20(11-9-13)17(22)14-4-2-3-5-15(14)21(23)24/h2-7,13H,8-11H2,1H3. The minimum Gasteiger partial charge on any atom is -0.473 e. The molecule has 0 N–H and O–H groups in total. The van der Waals surface area contributed by atoms with Crippen LogP contribution in [0.4, 0.5) is 5.69 Å². The predicted octanol–water partition coefficient (Wildman–Crippen LogP) is 2.38. The lowest BCUT2D eigenvalue weighted by Crippen LogP contribution is -2.42. The van der Waals surface area contributed by atoms with E-state index in [9.17, 15) is 14.9 Å². The average molecular weight is 342 g/mol. The highest BCUT2D eigenvalue weighted by molar-refractivity contribution is 5.98. The van der Waals surface area contributed by atoms with E-state index in [1.165, 1.54) is 12.1 Å². The number of para-hydroxylation sites is 1. The van der Waals surface area contributed by atoms with E-state index in [1.807, 2.05) is 13.0 Å². The molecule has 2 aromatic rings. The number of benzene rings is 1. The second-order valence-corrected chi connectivity index (χ2v) is 5.90. The third kappa shape index (κ3) is 3.90. The largest absolute Gasteiger partial charge is 0.473 e. The highest BCUT2D eigenvalue weighted by Crippen LogP contribution is 2.23. The lowest BCUT2D eigenvalue weighted by molar-refractivity contribution is -0.385. The summed E-state index contributed by atoms with van der Waals surface area (Å²) >= 11 is 0. The molecule has 3 rings (SSSR count). The molecule has 0 saturated carbocycles. The molecule has 1 aliphatic rings. The average Bonchev–Trinajstić information content (AvgIpc) is 2.63. The summed E-state index contributed by atoms with van der Waals surface area (Å²) in [6.07, 6.45) is 1.23. The maximum atomic E-state index is 12.6. The number of nitro benzene ring substituents is 1. The van der Waals surface area contributed by atoms with E-state index in [-0.39, 0.29) is 23.3 Å². The first-order valence-electron chi connectivity index (χ1n) is 8.04. The lowest BCUT2D eigenvalue weighted by Gasteiger charge is -2.31. The third-order valence-corrected chi connectivity index (χ3v) is 4.12. The van der Waals surface area contributed by atoms with Crippen LogP contribution in [0, 0.1) is 17.0 Å². The number of nitro groups is 1. The minimum absolute atomic E-state index is 0.0492. The van der Waals surface area contributed by atoms with Crippen LogP contribution in [0.25, 0.3) is 0 Å². The number of amides is 1. The van der Waals surface area contributed by atoms with Gasteiger partial charge in [-0.1, -0.05) is 12.1 Å². The Labute approximate surface area is 144 Å². The molecule has 1 saturated heterocycles. The zero-order chi connectivity index (χ0) is 17.8. The Bertz CT molecular complexity index is 770. The molecule has 0 unspecified atom stereocenters.